The van der Waals surface area contributed by atoms with Crippen LogP contribution in [0.15, 0.2) is 12.1 Å². The minimum atomic E-state index is -0.551. The molecule has 26 heavy (non-hydrogen) atoms. The van der Waals surface area contributed by atoms with Gasteiger partial charge in [-0.2, -0.15) is 0 Å². The lowest BCUT2D eigenvalue weighted by molar-refractivity contribution is -0.155. The van der Waals surface area contributed by atoms with E-state index in [2.05, 4.69) is 17.2 Å². The van der Waals surface area contributed by atoms with Gasteiger partial charge in [-0.25, -0.2) is 4.79 Å². The van der Waals surface area contributed by atoms with Gasteiger partial charge < -0.3 is 24.3 Å². The Labute approximate surface area is 155 Å². The summed E-state index contributed by atoms with van der Waals surface area (Å²) < 4.78 is 21.5. The lowest BCUT2D eigenvalue weighted by Crippen LogP contribution is -2.42. The summed E-state index contributed by atoms with van der Waals surface area (Å²) in [4.78, 5) is 12.2. The zero-order valence-electron chi connectivity index (χ0n) is 16.1. The van der Waals surface area contributed by atoms with Crippen LogP contribution in [0, 0.1) is 17.8 Å². The summed E-state index contributed by atoms with van der Waals surface area (Å²) in [5, 5.41) is 3.32. The number of rotatable bonds is 5. The Bertz CT molecular complexity index is 696. The standard InChI is InChI=1S/C20H27NO5/c1-20(2,15-8-10-21-11-9-15)26-19(22)7-6-14-12-17(24-4)18(25-5)13-16(14)23-3/h12-13,15,21H,8-11H2,1-5H3. The van der Waals surface area contributed by atoms with Gasteiger partial charge in [0.1, 0.15) is 11.4 Å². The normalized spacial score (nSPS) is 14.8. The van der Waals surface area contributed by atoms with E-state index >= 15 is 0 Å². The molecule has 2 rings (SSSR count). The van der Waals surface area contributed by atoms with Gasteiger partial charge >= 0.3 is 5.97 Å². The molecule has 0 saturated carbocycles. The Kier molecular flexibility index (Phi) is 6.76. The van der Waals surface area contributed by atoms with Crippen LogP contribution in [0.4, 0.5) is 0 Å². The van der Waals surface area contributed by atoms with Crippen molar-refractivity contribution in [3.63, 3.8) is 0 Å². The largest absolute Gasteiger partial charge is 0.495 e. The molecular weight excluding hydrogens is 334 g/mol. The van der Waals surface area contributed by atoms with Crippen molar-refractivity contribution in [2.75, 3.05) is 34.4 Å². The van der Waals surface area contributed by atoms with Gasteiger partial charge in [0.2, 0.25) is 0 Å². The maximum Gasteiger partial charge on any atom is 0.385 e. The minimum Gasteiger partial charge on any atom is -0.495 e. The topological polar surface area (TPSA) is 66.0 Å². The molecule has 0 aromatic heterocycles. The number of piperidine rings is 1. The quantitative estimate of drug-likeness (QED) is 0.642. The van der Waals surface area contributed by atoms with E-state index in [1.807, 2.05) is 13.8 Å². The van der Waals surface area contributed by atoms with E-state index in [0.29, 0.717) is 28.7 Å². The zero-order chi connectivity index (χ0) is 19.2. The molecule has 0 amide bonds. The Morgan fingerprint density at radius 2 is 1.62 bits per heavy atom. The number of carbonyl (C=O) groups is 1. The molecule has 0 aliphatic carbocycles. The first-order valence-electron chi connectivity index (χ1n) is 8.67. The molecule has 1 N–H and O–H groups in total. The molecule has 1 aromatic carbocycles. The van der Waals surface area contributed by atoms with Crippen LogP contribution >= 0.6 is 0 Å². The third kappa shape index (κ3) is 4.83. The summed E-state index contributed by atoms with van der Waals surface area (Å²) in [6.07, 6.45) is 1.97. The summed E-state index contributed by atoms with van der Waals surface area (Å²) in [7, 11) is 4.62. The third-order valence-electron chi connectivity index (χ3n) is 4.68. The van der Waals surface area contributed by atoms with Crippen LogP contribution in [0.25, 0.3) is 0 Å². The van der Waals surface area contributed by atoms with Crippen LogP contribution in [0.1, 0.15) is 32.3 Å². The highest BCUT2D eigenvalue weighted by molar-refractivity contribution is 5.89. The van der Waals surface area contributed by atoms with E-state index in [1.54, 1.807) is 19.2 Å². The van der Waals surface area contributed by atoms with Crippen molar-refractivity contribution >= 4 is 5.97 Å². The van der Waals surface area contributed by atoms with Crippen LogP contribution in [0.2, 0.25) is 0 Å². The van der Waals surface area contributed by atoms with Crippen molar-refractivity contribution in [1.82, 2.24) is 5.32 Å². The lowest BCUT2D eigenvalue weighted by Gasteiger charge is -2.36. The molecule has 0 spiro atoms. The van der Waals surface area contributed by atoms with Crippen LogP contribution in [0.3, 0.4) is 0 Å². The number of ether oxygens (including phenoxy) is 4. The predicted octanol–water partition coefficient (Wildman–Crippen LogP) is 2.39. The molecule has 0 atom stereocenters. The molecule has 6 nitrogen and oxygen atoms in total. The fourth-order valence-electron chi connectivity index (χ4n) is 3.11. The van der Waals surface area contributed by atoms with Gasteiger partial charge in [-0.3, -0.25) is 0 Å². The first kappa shape index (κ1) is 19.9. The highest BCUT2D eigenvalue weighted by Gasteiger charge is 2.33. The molecule has 0 bridgehead atoms. The Balaban J connectivity index is 2.15. The molecule has 1 aliphatic heterocycles. The van der Waals surface area contributed by atoms with E-state index in [1.165, 1.54) is 14.2 Å². The molecular formula is C20H27NO5. The van der Waals surface area contributed by atoms with Crippen molar-refractivity contribution in [3.8, 4) is 29.1 Å². The highest BCUT2D eigenvalue weighted by atomic mass is 16.6. The molecule has 6 heteroatoms. The number of carbonyl (C=O) groups excluding carboxylic acids is 1. The monoisotopic (exact) mass is 361 g/mol. The fourth-order valence-corrected chi connectivity index (χ4v) is 3.11. The van der Waals surface area contributed by atoms with Gasteiger partial charge in [0.15, 0.2) is 11.5 Å². The van der Waals surface area contributed by atoms with E-state index in [9.17, 15) is 4.79 Å². The van der Waals surface area contributed by atoms with Crippen LogP contribution in [0.5, 0.6) is 17.2 Å². The Hall–Kier alpha value is -2.39. The number of nitrogens with one attached hydrogen (secondary N) is 1. The second-order valence-electron chi connectivity index (χ2n) is 6.67. The maximum absolute atomic E-state index is 12.2. The number of hydrogen-bond donors (Lipinski definition) is 1. The van der Waals surface area contributed by atoms with Gasteiger partial charge in [-0.1, -0.05) is 5.92 Å². The third-order valence-corrected chi connectivity index (χ3v) is 4.68. The predicted molar refractivity (Wildman–Crippen MR) is 98.7 cm³/mol. The summed E-state index contributed by atoms with van der Waals surface area (Å²) in [5.74, 6) is 6.69. The molecule has 142 valence electrons. The second-order valence-corrected chi connectivity index (χ2v) is 6.67. The average molecular weight is 361 g/mol. The van der Waals surface area contributed by atoms with Gasteiger partial charge in [-0.15, -0.1) is 0 Å². The summed E-state index contributed by atoms with van der Waals surface area (Å²) in [6, 6.07) is 3.35. The lowest BCUT2D eigenvalue weighted by atomic mass is 9.83. The SMILES string of the molecule is COc1cc(OC)c(OC)cc1C#CC(=O)OC(C)(C)C1CCNCC1. The van der Waals surface area contributed by atoms with E-state index in [-0.39, 0.29) is 0 Å². The van der Waals surface area contributed by atoms with Gasteiger partial charge in [0.25, 0.3) is 0 Å². The summed E-state index contributed by atoms with van der Waals surface area (Å²) >= 11 is 0. The van der Waals surface area contributed by atoms with Crippen LogP contribution in [-0.4, -0.2) is 46.0 Å². The van der Waals surface area contributed by atoms with Gasteiger partial charge in [0, 0.05) is 24.0 Å². The van der Waals surface area contributed by atoms with Gasteiger partial charge in [0.05, 0.1) is 26.9 Å². The number of esters is 1. The van der Waals surface area contributed by atoms with Crippen molar-refractivity contribution in [2.24, 2.45) is 5.92 Å². The second kappa shape index (κ2) is 8.81. The molecule has 1 aliphatic rings. The van der Waals surface area contributed by atoms with Crippen molar-refractivity contribution in [1.29, 1.82) is 0 Å². The van der Waals surface area contributed by atoms with Crippen molar-refractivity contribution in [3.05, 3.63) is 17.7 Å². The zero-order valence-corrected chi connectivity index (χ0v) is 16.1. The first-order valence-corrected chi connectivity index (χ1v) is 8.67. The number of methoxy groups -OCH3 is 3. The van der Waals surface area contributed by atoms with E-state index in [4.69, 9.17) is 18.9 Å². The number of hydrogen-bond acceptors (Lipinski definition) is 6. The van der Waals surface area contributed by atoms with Crippen molar-refractivity contribution in [2.45, 2.75) is 32.3 Å². The van der Waals surface area contributed by atoms with Crippen LogP contribution < -0.4 is 19.5 Å². The number of benzene rings is 1. The molecule has 1 saturated heterocycles. The Morgan fingerprint density at radius 3 is 2.19 bits per heavy atom. The molecule has 1 heterocycles. The fraction of sp³-hybridized carbons (Fsp3) is 0.550. The average Bonchev–Trinajstić information content (AvgIpc) is 2.65. The molecule has 1 aromatic rings. The summed E-state index contributed by atoms with van der Waals surface area (Å²) in [5.41, 5.74) is -0.0167. The molecule has 0 radical (unpaired) electrons. The maximum atomic E-state index is 12.2. The van der Waals surface area contributed by atoms with Crippen LogP contribution in [-0.2, 0) is 9.53 Å². The van der Waals surface area contributed by atoms with Gasteiger partial charge in [-0.05, 0) is 39.8 Å². The first-order chi connectivity index (χ1) is 12.4. The van der Waals surface area contributed by atoms with E-state index in [0.717, 1.165) is 25.9 Å². The smallest absolute Gasteiger partial charge is 0.385 e. The van der Waals surface area contributed by atoms with E-state index < -0.39 is 11.6 Å². The molecule has 1 fully saturated rings. The van der Waals surface area contributed by atoms with Crippen molar-refractivity contribution < 1.29 is 23.7 Å². The minimum absolute atomic E-state index is 0.324. The summed E-state index contributed by atoms with van der Waals surface area (Å²) in [6.45, 7) is 5.78. The highest BCUT2D eigenvalue weighted by Crippen LogP contribution is 2.34. The Morgan fingerprint density at radius 1 is 1.04 bits per heavy atom. The molecule has 0 unspecified atom stereocenters.